The second kappa shape index (κ2) is 10.2. The molecule has 0 saturated carbocycles. The van der Waals surface area contributed by atoms with Crippen molar-refractivity contribution in [2.45, 2.75) is 55.6 Å². The molecule has 180 valence electrons. The molecule has 5 N–H and O–H groups in total. The number of halogens is 1. The van der Waals surface area contributed by atoms with Crippen molar-refractivity contribution in [1.82, 2.24) is 0 Å². The number of aliphatic hydroxyl groups excluding tert-OH is 4. The van der Waals surface area contributed by atoms with E-state index >= 15 is 0 Å². The van der Waals surface area contributed by atoms with E-state index in [2.05, 4.69) is 0 Å². The minimum absolute atomic E-state index is 0.148. The van der Waals surface area contributed by atoms with Gasteiger partial charge in [0.05, 0.1) is 19.8 Å². The Morgan fingerprint density at radius 2 is 1.70 bits per heavy atom. The van der Waals surface area contributed by atoms with Crippen molar-refractivity contribution in [2.24, 2.45) is 0 Å². The Kier molecular flexibility index (Phi) is 7.57. The van der Waals surface area contributed by atoms with Gasteiger partial charge in [0.2, 0.25) is 5.79 Å². The first-order valence-electron chi connectivity index (χ1n) is 11.0. The molecule has 4 rings (SSSR count). The van der Waals surface area contributed by atoms with Gasteiger partial charge in [-0.1, -0.05) is 29.8 Å². The lowest BCUT2D eigenvalue weighted by Gasteiger charge is -2.45. The van der Waals surface area contributed by atoms with Crippen molar-refractivity contribution < 1.29 is 39.7 Å². The predicted octanol–water partition coefficient (Wildman–Crippen LogP) is 1.11. The monoisotopic (exact) mass is 480 g/mol. The molecule has 2 aromatic rings. The van der Waals surface area contributed by atoms with Crippen LogP contribution in [0.3, 0.4) is 0 Å². The van der Waals surface area contributed by atoms with Gasteiger partial charge in [-0.05, 0) is 41.8 Å². The Labute approximate surface area is 196 Å². The highest BCUT2D eigenvalue weighted by atomic mass is 35.5. The molecule has 9 heteroatoms. The van der Waals surface area contributed by atoms with Gasteiger partial charge in [-0.15, -0.1) is 0 Å². The SMILES string of the molecule is OC[C@H]1OC(O)(c2ccc(Cl)c(Cc3ccc(OC4CCOCC4)cc3)c2)[C@H](O)[C@@H](O)[C@@H]1O. The minimum Gasteiger partial charge on any atom is -0.490 e. The zero-order valence-corrected chi connectivity index (χ0v) is 18.8. The van der Waals surface area contributed by atoms with Gasteiger partial charge in [-0.3, -0.25) is 0 Å². The van der Waals surface area contributed by atoms with Crippen molar-refractivity contribution in [3.05, 3.63) is 64.2 Å². The summed E-state index contributed by atoms with van der Waals surface area (Å²) in [5.41, 5.74) is 1.77. The lowest BCUT2D eigenvalue weighted by Crippen LogP contribution is -2.63. The topological polar surface area (TPSA) is 129 Å². The van der Waals surface area contributed by atoms with Gasteiger partial charge in [-0.25, -0.2) is 0 Å². The van der Waals surface area contributed by atoms with E-state index in [1.54, 1.807) is 12.1 Å². The van der Waals surface area contributed by atoms with E-state index in [0.717, 1.165) is 24.2 Å². The molecule has 0 radical (unpaired) electrons. The quantitative estimate of drug-likeness (QED) is 0.416. The molecule has 1 unspecified atom stereocenters. The molecule has 2 heterocycles. The number of rotatable bonds is 6. The standard InChI is InChI=1S/C24H29ClO8/c25-19-6-3-16(24(30)23(29)22(28)21(27)20(13-26)33-24)12-15(19)11-14-1-4-17(5-2-14)32-18-7-9-31-10-8-18/h1-6,12,18,20-23,26-30H,7-11,13H2/t20-,21-,22+,23-,24?/m1/s1. The molecular formula is C24H29ClO8. The van der Waals surface area contributed by atoms with Crippen molar-refractivity contribution in [1.29, 1.82) is 0 Å². The van der Waals surface area contributed by atoms with Gasteiger partial charge in [0.1, 0.15) is 36.3 Å². The Balaban J connectivity index is 1.51. The maximum atomic E-state index is 11.1. The number of hydrogen-bond acceptors (Lipinski definition) is 8. The van der Waals surface area contributed by atoms with E-state index in [1.165, 1.54) is 6.07 Å². The molecule has 0 aliphatic carbocycles. The molecule has 2 fully saturated rings. The fourth-order valence-electron chi connectivity index (χ4n) is 4.22. The molecule has 2 aliphatic heterocycles. The summed E-state index contributed by atoms with van der Waals surface area (Å²) in [5.74, 6) is -1.55. The van der Waals surface area contributed by atoms with E-state index in [4.69, 9.17) is 25.8 Å². The number of aliphatic hydroxyl groups is 5. The Bertz CT molecular complexity index is 931. The zero-order chi connectivity index (χ0) is 23.6. The summed E-state index contributed by atoms with van der Waals surface area (Å²) in [6.45, 7) is 0.769. The van der Waals surface area contributed by atoms with E-state index in [9.17, 15) is 25.5 Å². The first-order valence-corrected chi connectivity index (χ1v) is 11.4. The number of benzene rings is 2. The van der Waals surface area contributed by atoms with Gasteiger partial charge in [0.15, 0.2) is 0 Å². The molecule has 0 bridgehead atoms. The highest BCUT2D eigenvalue weighted by Crippen LogP contribution is 2.38. The fourth-order valence-corrected chi connectivity index (χ4v) is 4.40. The Morgan fingerprint density at radius 3 is 2.36 bits per heavy atom. The second-order valence-corrected chi connectivity index (χ2v) is 8.93. The van der Waals surface area contributed by atoms with Crippen LogP contribution in [-0.4, -0.2) is 75.9 Å². The van der Waals surface area contributed by atoms with Crippen molar-refractivity contribution in [2.75, 3.05) is 19.8 Å². The predicted molar refractivity (Wildman–Crippen MR) is 119 cm³/mol. The third-order valence-corrected chi connectivity index (χ3v) is 6.58. The van der Waals surface area contributed by atoms with Crippen LogP contribution in [0.4, 0.5) is 0 Å². The van der Waals surface area contributed by atoms with Crippen molar-refractivity contribution >= 4 is 11.6 Å². The molecule has 5 atom stereocenters. The van der Waals surface area contributed by atoms with Crippen LogP contribution in [0.1, 0.15) is 29.5 Å². The zero-order valence-electron chi connectivity index (χ0n) is 18.0. The van der Waals surface area contributed by atoms with Crippen LogP contribution in [0.15, 0.2) is 42.5 Å². The van der Waals surface area contributed by atoms with Crippen LogP contribution >= 0.6 is 11.6 Å². The maximum Gasteiger partial charge on any atom is 0.222 e. The smallest absolute Gasteiger partial charge is 0.222 e. The summed E-state index contributed by atoms with van der Waals surface area (Å²) in [4.78, 5) is 0. The van der Waals surface area contributed by atoms with E-state index < -0.39 is 36.8 Å². The fraction of sp³-hybridized carbons (Fsp3) is 0.500. The van der Waals surface area contributed by atoms with Crippen molar-refractivity contribution in [3.63, 3.8) is 0 Å². The molecule has 2 saturated heterocycles. The largest absolute Gasteiger partial charge is 0.490 e. The summed E-state index contributed by atoms with van der Waals surface area (Å²) in [5, 5.41) is 51.5. The number of ether oxygens (including phenoxy) is 3. The normalized spacial score (nSPS) is 30.8. The number of hydrogen-bond donors (Lipinski definition) is 5. The Hall–Kier alpha value is -1.75. The van der Waals surface area contributed by atoms with Crippen LogP contribution in [0.25, 0.3) is 0 Å². The average molecular weight is 481 g/mol. The third kappa shape index (κ3) is 5.18. The van der Waals surface area contributed by atoms with Crippen molar-refractivity contribution in [3.8, 4) is 5.75 Å². The van der Waals surface area contributed by atoms with Crippen LogP contribution in [0.2, 0.25) is 5.02 Å². The van der Waals surface area contributed by atoms with Gasteiger partial charge in [0.25, 0.3) is 0 Å². The lowest BCUT2D eigenvalue weighted by atomic mass is 9.87. The van der Waals surface area contributed by atoms with Crippen LogP contribution in [-0.2, 0) is 21.7 Å². The first kappa shape index (κ1) is 24.4. The average Bonchev–Trinajstić information content (AvgIpc) is 2.83. The molecule has 33 heavy (non-hydrogen) atoms. The second-order valence-electron chi connectivity index (χ2n) is 8.52. The van der Waals surface area contributed by atoms with E-state index in [0.29, 0.717) is 30.2 Å². The van der Waals surface area contributed by atoms with Crippen LogP contribution < -0.4 is 4.74 Å². The third-order valence-electron chi connectivity index (χ3n) is 6.21. The molecule has 2 aromatic carbocycles. The summed E-state index contributed by atoms with van der Waals surface area (Å²) >= 11 is 6.38. The van der Waals surface area contributed by atoms with Gasteiger partial charge < -0.3 is 39.7 Å². The van der Waals surface area contributed by atoms with E-state index in [-0.39, 0.29) is 11.7 Å². The molecule has 0 spiro atoms. The summed E-state index contributed by atoms with van der Waals surface area (Å²) in [6, 6.07) is 12.3. The minimum atomic E-state index is -2.33. The molecule has 0 aromatic heterocycles. The lowest BCUT2D eigenvalue weighted by molar-refractivity contribution is -0.357. The van der Waals surface area contributed by atoms with Gasteiger partial charge >= 0.3 is 0 Å². The summed E-state index contributed by atoms with van der Waals surface area (Å²) in [6.07, 6.45) is -4.03. The molecule has 8 nitrogen and oxygen atoms in total. The maximum absolute atomic E-state index is 11.1. The summed E-state index contributed by atoms with van der Waals surface area (Å²) < 4.78 is 16.8. The Morgan fingerprint density at radius 1 is 1.00 bits per heavy atom. The molecule has 0 amide bonds. The van der Waals surface area contributed by atoms with Gasteiger partial charge in [0, 0.05) is 23.4 Å². The van der Waals surface area contributed by atoms with Crippen LogP contribution in [0.5, 0.6) is 5.75 Å². The van der Waals surface area contributed by atoms with Gasteiger partial charge in [-0.2, -0.15) is 0 Å². The van der Waals surface area contributed by atoms with Crippen LogP contribution in [0, 0.1) is 0 Å². The molecular weight excluding hydrogens is 452 g/mol. The first-order chi connectivity index (χ1) is 15.8. The summed E-state index contributed by atoms with van der Waals surface area (Å²) in [7, 11) is 0. The highest BCUT2D eigenvalue weighted by Gasteiger charge is 2.53. The van der Waals surface area contributed by atoms with E-state index in [1.807, 2.05) is 24.3 Å². The highest BCUT2D eigenvalue weighted by molar-refractivity contribution is 6.31. The molecule has 2 aliphatic rings.